The monoisotopic (exact) mass is 437 g/mol. The van der Waals surface area contributed by atoms with Crippen LogP contribution in [-0.2, 0) is 4.74 Å². The van der Waals surface area contributed by atoms with Gasteiger partial charge in [0.05, 0.1) is 6.61 Å². The summed E-state index contributed by atoms with van der Waals surface area (Å²) in [5, 5.41) is 23.8. The minimum atomic E-state index is -0.902. The number of carbonyl (C=O) groups is 2. The lowest BCUT2D eigenvalue weighted by atomic mass is 9.94. The van der Waals surface area contributed by atoms with Crippen LogP contribution >= 0.6 is 0 Å². The Morgan fingerprint density at radius 3 is 1.94 bits per heavy atom. The molecule has 4 rings (SSSR count). The number of benzene rings is 2. The van der Waals surface area contributed by atoms with E-state index in [-0.39, 0.29) is 25.6 Å². The van der Waals surface area contributed by atoms with Gasteiger partial charge in [0.2, 0.25) is 11.8 Å². The smallest absolute Gasteiger partial charge is 0.432 e. The van der Waals surface area contributed by atoms with Gasteiger partial charge in [0.1, 0.15) is 0 Å². The van der Waals surface area contributed by atoms with Crippen molar-refractivity contribution in [3.8, 4) is 22.9 Å². The van der Waals surface area contributed by atoms with Crippen LogP contribution in [0, 0.1) is 0 Å². The zero-order chi connectivity index (χ0) is 22.5. The lowest BCUT2D eigenvalue weighted by Gasteiger charge is -2.14. The molecule has 9 heteroatoms. The molecule has 0 bridgehead atoms. The summed E-state index contributed by atoms with van der Waals surface area (Å²) >= 11 is 0. The van der Waals surface area contributed by atoms with Crippen LogP contribution in [0.5, 0.6) is 11.8 Å². The first-order chi connectivity index (χ1) is 15.5. The molecule has 3 aromatic rings. The van der Waals surface area contributed by atoms with Crippen LogP contribution in [0.25, 0.3) is 11.1 Å². The highest BCUT2D eigenvalue weighted by atomic mass is 16.7. The number of alkyl carbamates (subject to hydrolysis) is 1. The van der Waals surface area contributed by atoms with Crippen molar-refractivity contribution in [3.05, 3.63) is 71.8 Å². The average Bonchev–Trinajstić information content (AvgIpc) is 3.29. The minimum absolute atomic E-state index is 0.0695. The van der Waals surface area contributed by atoms with E-state index in [0.29, 0.717) is 11.2 Å². The Morgan fingerprint density at radius 2 is 1.34 bits per heavy atom. The maximum atomic E-state index is 12.0. The molecular formula is C23H23N3O6. The number of fused-ring (bicyclic) bond motifs is 3. The number of aromatic nitrogens is 1. The van der Waals surface area contributed by atoms with Gasteiger partial charge in [-0.3, -0.25) is 0 Å². The van der Waals surface area contributed by atoms with Crippen LogP contribution in [0.15, 0.2) is 60.7 Å². The van der Waals surface area contributed by atoms with Crippen LogP contribution in [-0.4, -0.2) is 46.8 Å². The molecule has 9 nitrogen and oxygen atoms in total. The van der Waals surface area contributed by atoms with Gasteiger partial charge in [0.25, 0.3) is 0 Å². The molecular weight excluding hydrogens is 414 g/mol. The fourth-order valence-electron chi connectivity index (χ4n) is 3.83. The van der Waals surface area contributed by atoms with E-state index >= 15 is 0 Å². The quantitative estimate of drug-likeness (QED) is 0.422. The van der Waals surface area contributed by atoms with Gasteiger partial charge in [-0.25, -0.2) is 9.59 Å². The van der Waals surface area contributed by atoms with Gasteiger partial charge in [0, 0.05) is 31.1 Å². The summed E-state index contributed by atoms with van der Waals surface area (Å²) in [4.78, 5) is 28.3. The number of nitrogens with one attached hydrogen (secondary N) is 2. The van der Waals surface area contributed by atoms with Gasteiger partial charge in [-0.2, -0.15) is 0 Å². The third-order valence-corrected chi connectivity index (χ3v) is 5.24. The molecule has 4 N–H and O–H groups in total. The number of ether oxygens (including phenoxy) is 1. The second-order valence-electron chi connectivity index (χ2n) is 7.23. The Balaban J connectivity index is 1.18. The molecule has 0 atom stereocenters. The number of carbonyl (C=O) groups excluding carboxylic acids is 2. The lowest BCUT2D eigenvalue weighted by molar-refractivity contribution is 0.108. The van der Waals surface area contributed by atoms with Crippen molar-refractivity contribution in [1.29, 1.82) is 0 Å². The Hall–Kier alpha value is -4.14. The molecule has 0 fully saturated rings. The number of aromatic hydroxyl groups is 2. The highest BCUT2D eigenvalue weighted by Gasteiger charge is 2.27. The van der Waals surface area contributed by atoms with Crippen LogP contribution < -0.4 is 15.5 Å². The lowest BCUT2D eigenvalue weighted by Crippen LogP contribution is -2.38. The maximum Gasteiger partial charge on any atom is 0.432 e. The number of amides is 2. The van der Waals surface area contributed by atoms with Gasteiger partial charge in [-0.05, 0) is 28.7 Å². The minimum Gasteiger partial charge on any atom is -0.492 e. The molecule has 2 aromatic carbocycles. The van der Waals surface area contributed by atoms with Gasteiger partial charge >= 0.3 is 12.2 Å². The van der Waals surface area contributed by atoms with E-state index in [0.717, 1.165) is 0 Å². The molecule has 0 spiro atoms. The summed E-state index contributed by atoms with van der Waals surface area (Å²) in [6.07, 6.45) is -0.823. The van der Waals surface area contributed by atoms with Gasteiger partial charge in [0.15, 0.2) is 0 Å². The molecule has 0 radical (unpaired) electrons. The number of hydrogen-bond acceptors (Lipinski definition) is 6. The summed E-state index contributed by atoms with van der Waals surface area (Å²) in [5.74, 6) is -0.674. The molecule has 2 amide bonds. The van der Waals surface area contributed by atoms with Gasteiger partial charge in [-0.15, -0.1) is 4.73 Å². The van der Waals surface area contributed by atoms with Crippen molar-refractivity contribution in [1.82, 2.24) is 15.4 Å². The zero-order valence-electron chi connectivity index (χ0n) is 17.2. The standard InChI is InChI=1S/C23H23N3O6/c27-20-9-10-21(28)26(20)32-23(30)25-13-12-24-22(29)31-14-11-19-17-7-3-1-5-15(17)16-6-2-4-8-18(16)19/h1-10,19,27-28H,11-14H2,(H,24,29)(H,25,30). The van der Waals surface area contributed by atoms with E-state index in [9.17, 15) is 19.8 Å². The van der Waals surface area contributed by atoms with E-state index in [1.807, 2.05) is 24.3 Å². The predicted molar refractivity (Wildman–Crippen MR) is 115 cm³/mol. The van der Waals surface area contributed by atoms with Crippen molar-refractivity contribution < 1.29 is 29.4 Å². The molecule has 0 saturated heterocycles. The summed E-state index contributed by atoms with van der Waals surface area (Å²) in [6.45, 7) is 0.438. The van der Waals surface area contributed by atoms with Crippen molar-refractivity contribution in [2.45, 2.75) is 12.3 Å². The largest absolute Gasteiger partial charge is 0.492 e. The average molecular weight is 437 g/mol. The van der Waals surface area contributed by atoms with Crippen LogP contribution in [0.1, 0.15) is 23.5 Å². The predicted octanol–water partition coefficient (Wildman–Crippen LogP) is 2.97. The fourth-order valence-corrected chi connectivity index (χ4v) is 3.83. The Bertz CT molecular complexity index is 1060. The van der Waals surface area contributed by atoms with Gasteiger partial charge in [-0.1, -0.05) is 48.5 Å². The van der Waals surface area contributed by atoms with Crippen molar-refractivity contribution in [2.75, 3.05) is 19.7 Å². The van der Waals surface area contributed by atoms with Crippen molar-refractivity contribution in [2.24, 2.45) is 0 Å². The number of hydrogen-bond donors (Lipinski definition) is 4. The number of nitrogens with zero attached hydrogens (tertiary/aromatic N) is 1. The first-order valence-corrected chi connectivity index (χ1v) is 10.2. The van der Waals surface area contributed by atoms with Crippen molar-refractivity contribution in [3.63, 3.8) is 0 Å². The second-order valence-corrected chi connectivity index (χ2v) is 7.23. The molecule has 0 unspecified atom stereocenters. The molecule has 32 heavy (non-hydrogen) atoms. The highest BCUT2D eigenvalue weighted by molar-refractivity contribution is 5.78. The fraction of sp³-hybridized carbons (Fsp3) is 0.217. The van der Waals surface area contributed by atoms with Crippen LogP contribution in [0.2, 0.25) is 0 Å². The summed E-state index contributed by atoms with van der Waals surface area (Å²) < 4.78 is 5.86. The summed E-state index contributed by atoms with van der Waals surface area (Å²) in [7, 11) is 0. The Morgan fingerprint density at radius 1 is 0.812 bits per heavy atom. The number of rotatable bonds is 7. The van der Waals surface area contributed by atoms with Crippen LogP contribution in [0.4, 0.5) is 9.59 Å². The molecule has 1 aliphatic rings. The van der Waals surface area contributed by atoms with E-state index in [4.69, 9.17) is 9.57 Å². The Kier molecular flexibility index (Phi) is 6.16. The molecule has 1 aromatic heterocycles. The SMILES string of the molecule is O=C(NCCNC(=O)On1c(O)ccc1O)OCCC1c2ccccc2-c2ccccc21. The third-order valence-electron chi connectivity index (χ3n) is 5.24. The molecule has 1 aliphatic carbocycles. The third kappa shape index (κ3) is 4.46. The van der Waals surface area contributed by atoms with Crippen LogP contribution in [0.3, 0.4) is 0 Å². The zero-order valence-corrected chi connectivity index (χ0v) is 17.2. The molecule has 166 valence electrons. The van der Waals surface area contributed by atoms with E-state index in [2.05, 4.69) is 34.9 Å². The maximum absolute atomic E-state index is 12.0. The molecule has 0 aliphatic heterocycles. The van der Waals surface area contributed by atoms with Gasteiger partial charge < -0.3 is 30.4 Å². The first-order valence-electron chi connectivity index (χ1n) is 10.2. The van der Waals surface area contributed by atoms with E-state index in [1.54, 1.807) is 0 Å². The highest BCUT2D eigenvalue weighted by Crippen LogP contribution is 2.45. The molecule has 0 saturated carbocycles. The Labute approximate surface area is 184 Å². The topological polar surface area (TPSA) is 122 Å². The van der Waals surface area contributed by atoms with E-state index in [1.165, 1.54) is 34.4 Å². The molecule has 1 heterocycles. The normalized spacial score (nSPS) is 12.0. The van der Waals surface area contributed by atoms with Crippen molar-refractivity contribution >= 4 is 12.2 Å². The first kappa shape index (κ1) is 21.1. The summed E-state index contributed by atoms with van der Waals surface area (Å²) in [6, 6.07) is 18.9. The van der Waals surface area contributed by atoms with E-state index < -0.39 is 23.9 Å². The second kappa shape index (κ2) is 9.34. The summed E-state index contributed by atoms with van der Waals surface area (Å²) in [5.41, 5.74) is 4.91.